The first kappa shape index (κ1) is 18.8. The minimum Gasteiger partial charge on any atom is -0.490 e. The molecule has 5 heteroatoms. The van der Waals surface area contributed by atoms with Crippen LogP contribution in [0.15, 0.2) is 48.7 Å². The fraction of sp³-hybridized carbons (Fsp3) is 0.318. The number of rotatable bonds is 9. The van der Waals surface area contributed by atoms with E-state index in [9.17, 15) is 4.79 Å². The Labute approximate surface area is 159 Å². The lowest BCUT2D eigenvalue weighted by atomic mass is 10.1. The van der Waals surface area contributed by atoms with E-state index in [1.54, 1.807) is 0 Å². The number of ether oxygens (including phenoxy) is 2. The fourth-order valence-corrected chi connectivity index (χ4v) is 3.11. The third kappa shape index (κ3) is 4.82. The summed E-state index contributed by atoms with van der Waals surface area (Å²) in [6.07, 6.45) is 3.02. The molecule has 0 unspecified atom stereocenters. The smallest absolute Gasteiger partial charge is 0.224 e. The highest BCUT2D eigenvalue weighted by atomic mass is 16.5. The molecule has 0 radical (unpaired) electrons. The number of carbonyl (C=O) groups is 1. The maximum atomic E-state index is 12.3. The number of fused-ring (bicyclic) bond motifs is 1. The molecule has 27 heavy (non-hydrogen) atoms. The van der Waals surface area contributed by atoms with E-state index in [4.69, 9.17) is 9.47 Å². The molecule has 0 atom stereocenters. The Bertz CT molecular complexity index is 901. The third-order valence-electron chi connectivity index (χ3n) is 4.37. The molecule has 5 nitrogen and oxygen atoms in total. The quantitative estimate of drug-likeness (QED) is 0.604. The van der Waals surface area contributed by atoms with E-state index >= 15 is 0 Å². The van der Waals surface area contributed by atoms with Crippen LogP contribution in [0, 0.1) is 0 Å². The van der Waals surface area contributed by atoms with Crippen LogP contribution >= 0.6 is 0 Å². The van der Waals surface area contributed by atoms with E-state index in [1.807, 2.05) is 62.5 Å². The van der Waals surface area contributed by atoms with E-state index in [-0.39, 0.29) is 5.91 Å². The minimum atomic E-state index is 0.0238. The Morgan fingerprint density at radius 1 is 1.04 bits per heavy atom. The molecule has 0 aliphatic carbocycles. The lowest BCUT2D eigenvalue weighted by Gasteiger charge is -2.12. The van der Waals surface area contributed by atoms with E-state index in [0.717, 1.165) is 39.9 Å². The molecule has 1 aromatic heterocycles. The summed E-state index contributed by atoms with van der Waals surface area (Å²) in [7, 11) is 0. The van der Waals surface area contributed by atoms with Gasteiger partial charge in [0.15, 0.2) is 11.5 Å². The number of aromatic nitrogens is 1. The van der Waals surface area contributed by atoms with Gasteiger partial charge in [-0.25, -0.2) is 0 Å². The van der Waals surface area contributed by atoms with Crippen LogP contribution in [0.25, 0.3) is 10.9 Å². The molecule has 0 aliphatic rings. The van der Waals surface area contributed by atoms with Crippen molar-refractivity contribution >= 4 is 16.8 Å². The number of H-pyrrole nitrogens is 1. The van der Waals surface area contributed by atoms with Crippen molar-refractivity contribution in [2.45, 2.75) is 26.7 Å². The molecule has 0 aliphatic heterocycles. The average Bonchev–Trinajstić information content (AvgIpc) is 3.07. The van der Waals surface area contributed by atoms with Gasteiger partial charge in [0.25, 0.3) is 0 Å². The third-order valence-corrected chi connectivity index (χ3v) is 4.37. The number of carbonyl (C=O) groups excluding carboxylic acids is 1. The SMILES string of the molecule is CCOc1ccc(CCNC(=O)Cc2c[nH]c3ccccc23)cc1OCC. The average molecular weight is 366 g/mol. The molecule has 0 fully saturated rings. The molecular weight excluding hydrogens is 340 g/mol. The van der Waals surface area contributed by atoms with Crippen molar-refractivity contribution in [2.24, 2.45) is 0 Å². The Balaban J connectivity index is 1.54. The van der Waals surface area contributed by atoms with Crippen molar-refractivity contribution in [1.29, 1.82) is 0 Å². The zero-order valence-electron chi connectivity index (χ0n) is 15.9. The number of hydrogen-bond donors (Lipinski definition) is 2. The molecule has 3 rings (SSSR count). The molecule has 142 valence electrons. The van der Waals surface area contributed by atoms with Crippen LogP contribution in [0.4, 0.5) is 0 Å². The zero-order chi connectivity index (χ0) is 19.1. The van der Waals surface area contributed by atoms with Gasteiger partial charge in [0.2, 0.25) is 5.91 Å². The summed E-state index contributed by atoms with van der Waals surface area (Å²) in [4.78, 5) is 15.5. The van der Waals surface area contributed by atoms with Crippen molar-refractivity contribution in [1.82, 2.24) is 10.3 Å². The number of amides is 1. The van der Waals surface area contributed by atoms with Gasteiger partial charge in [0.1, 0.15) is 0 Å². The Morgan fingerprint density at radius 2 is 1.81 bits per heavy atom. The van der Waals surface area contributed by atoms with Crippen LogP contribution in [-0.2, 0) is 17.6 Å². The molecule has 0 saturated heterocycles. The van der Waals surface area contributed by atoms with Gasteiger partial charge >= 0.3 is 0 Å². The Hall–Kier alpha value is -2.95. The first-order valence-corrected chi connectivity index (χ1v) is 9.41. The molecular formula is C22H26N2O3. The first-order chi connectivity index (χ1) is 13.2. The Kier molecular flexibility index (Phi) is 6.36. The molecule has 1 amide bonds. The van der Waals surface area contributed by atoms with Crippen LogP contribution in [0.5, 0.6) is 11.5 Å². The van der Waals surface area contributed by atoms with Crippen LogP contribution < -0.4 is 14.8 Å². The van der Waals surface area contributed by atoms with Crippen molar-refractivity contribution in [3.8, 4) is 11.5 Å². The maximum absolute atomic E-state index is 12.3. The summed E-state index contributed by atoms with van der Waals surface area (Å²) in [5.41, 5.74) is 3.18. The molecule has 0 bridgehead atoms. The molecule has 0 spiro atoms. The summed E-state index contributed by atoms with van der Waals surface area (Å²) < 4.78 is 11.2. The molecule has 2 N–H and O–H groups in total. The normalized spacial score (nSPS) is 10.7. The van der Waals surface area contributed by atoms with Crippen LogP contribution in [-0.4, -0.2) is 30.6 Å². The molecule has 0 saturated carbocycles. The predicted octanol–water partition coefficient (Wildman–Crippen LogP) is 3.87. The summed E-state index contributed by atoms with van der Waals surface area (Å²) in [6.45, 7) is 5.68. The first-order valence-electron chi connectivity index (χ1n) is 9.41. The van der Waals surface area contributed by atoms with Gasteiger partial charge in [-0.2, -0.15) is 0 Å². The molecule has 3 aromatic rings. The number of aromatic amines is 1. The second-order valence-electron chi connectivity index (χ2n) is 6.28. The summed E-state index contributed by atoms with van der Waals surface area (Å²) in [5, 5.41) is 4.10. The van der Waals surface area contributed by atoms with Gasteiger partial charge in [-0.1, -0.05) is 24.3 Å². The van der Waals surface area contributed by atoms with Crippen molar-refractivity contribution in [3.05, 3.63) is 59.8 Å². The minimum absolute atomic E-state index is 0.0238. The van der Waals surface area contributed by atoms with Crippen molar-refractivity contribution in [2.75, 3.05) is 19.8 Å². The fourth-order valence-electron chi connectivity index (χ4n) is 3.11. The largest absolute Gasteiger partial charge is 0.490 e. The highest BCUT2D eigenvalue weighted by molar-refractivity contribution is 5.88. The van der Waals surface area contributed by atoms with Gasteiger partial charge in [-0.05, 0) is 49.6 Å². The van der Waals surface area contributed by atoms with Gasteiger partial charge in [0.05, 0.1) is 19.6 Å². The molecule has 2 aromatic carbocycles. The number of para-hydroxylation sites is 1. The number of nitrogens with one attached hydrogen (secondary N) is 2. The van der Waals surface area contributed by atoms with E-state index < -0.39 is 0 Å². The monoisotopic (exact) mass is 366 g/mol. The van der Waals surface area contributed by atoms with Gasteiger partial charge in [0, 0.05) is 23.6 Å². The maximum Gasteiger partial charge on any atom is 0.224 e. The topological polar surface area (TPSA) is 63.3 Å². The summed E-state index contributed by atoms with van der Waals surface area (Å²) in [6, 6.07) is 13.9. The zero-order valence-corrected chi connectivity index (χ0v) is 15.9. The van der Waals surface area contributed by atoms with E-state index in [1.165, 1.54) is 0 Å². The highest BCUT2D eigenvalue weighted by Crippen LogP contribution is 2.28. The Morgan fingerprint density at radius 3 is 2.63 bits per heavy atom. The number of hydrogen-bond acceptors (Lipinski definition) is 3. The predicted molar refractivity (Wildman–Crippen MR) is 107 cm³/mol. The van der Waals surface area contributed by atoms with Crippen molar-refractivity contribution in [3.63, 3.8) is 0 Å². The van der Waals surface area contributed by atoms with Crippen molar-refractivity contribution < 1.29 is 14.3 Å². The second-order valence-corrected chi connectivity index (χ2v) is 6.28. The second kappa shape index (κ2) is 9.12. The lowest BCUT2D eigenvalue weighted by molar-refractivity contribution is -0.120. The van der Waals surface area contributed by atoms with E-state index in [2.05, 4.69) is 10.3 Å². The van der Waals surface area contributed by atoms with E-state index in [0.29, 0.717) is 26.2 Å². The van der Waals surface area contributed by atoms with Crippen LogP contribution in [0.2, 0.25) is 0 Å². The molecule has 1 heterocycles. The van der Waals surface area contributed by atoms with Gasteiger partial charge < -0.3 is 19.8 Å². The standard InChI is InChI=1S/C22H26N2O3/c1-3-26-20-10-9-16(13-21(20)27-4-2)11-12-23-22(25)14-17-15-24-19-8-6-5-7-18(17)19/h5-10,13,15,24H,3-4,11-12,14H2,1-2H3,(H,23,25). The highest BCUT2D eigenvalue weighted by Gasteiger charge is 2.09. The lowest BCUT2D eigenvalue weighted by Crippen LogP contribution is -2.27. The number of benzene rings is 2. The van der Waals surface area contributed by atoms with Gasteiger partial charge in [-0.15, -0.1) is 0 Å². The van der Waals surface area contributed by atoms with Gasteiger partial charge in [-0.3, -0.25) is 4.79 Å². The van der Waals surface area contributed by atoms with Crippen LogP contribution in [0.3, 0.4) is 0 Å². The van der Waals surface area contributed by atoms with Crippen LogP contribution in [0.1, 0.15) is 25.0 Å². The summed E-state index contributed by atoms with van der Waals surface area (Å²) in [5.74, 6) is 1.53. The summed E-state index contributed by atoms with van der Waals surface area (Å²) >= 11 is 0.